The van der Waals surface area contributed by atoms with Gasteiger partial charge in [0.15, 0.2) is 5.65 Å². The first-order valence-electron chi connectivity index (χ1n) is 8.91. The minimum absolute atomic E-state index is 0.104. The van der Waals surface area contributed by atoms with E-state index in [1.54, 1.807) is 19.5 Å². The minimum Gasteiger partial charge on any atom is -0.380 e. The zero-order valence-electron chi connectivity index (χ0n) is 14.8. The van der Waals surface area contributed by atoms with Crippen molar-refractivity contribution in [2.75, 3.05) is 20.2 Å². The molecule has 6 heteroatoms. The SMILES string of the molecule is COCc1ccc(C(=O)N2CCC(c3cc4nccnc4[nH]3)CC2)cc1. The van der Waals surface area contributed by atoms with E-state index in [1.807, 2.05) is 29.2 Å². The largest absolute Gasteiger partial charge is 0.380 e. The third-order valence-corrected chi connectivity index (χ3v) is 5.02. The van der Waals surface area contributed by atoms with Crippen LogP contribution in [0.1, 0.15) is 40.4 Å². The second-order valence-electron chi connectivity index (χ2n) is 6.71. The van der Waals surface area contributed by atoms with E-state index in [4.69, 9.17) is 4.74 Å². The molecule has 3 aromatic rings. The highest BCUT2D eigenvalue weighted by molar-refractivity contribution is 5.94. The van der Waals surface area contributed by atoms with Crippen molar-refractivity contribution in [3.05, 3.63) is 59.5 Å². The zero-order valence-corrected chi connectivity index (χ0v) is 14.8. The number of carbonyl (C=O) groups excluding carboxylic acids is 1. The summed E-state index contributed by atoms with van der Waals surface area (Å²) in [5, 5.41) is 0. The van der Waals surface area contributed by atoms with Gasteiger partial charge in [-0.05, 0) is 36.6 Å². The molecule has 0 aliphatic carbocycles. The molecule has 1 aromatic carbocycles. The van der Waals surface area contributed by atoms with Gasteiger partial charge in [-0.2, -0.15) is 0 Å². The molecule has 3 heterocycles. The summed E-state index contributed by atoms with van der Waals surface area (Å²) in [5.74, 6) is 0.520. The molecule has 0 bridgehead atoms. The summed E-state index contributed by atoms with van der Waals surface area (Å²) in [7, 11) is 1.67. The number of H-pyrrole nitrogens is 1. The summed E-state index contributed by atoms with van der Waals surface area (Å²) in [4.78, 5) is 26.7. The first-order chi connectivity index (χ1) is 12.7. The van der Waals surface area contributed by atoms with E-state index in [9.17, 15) is 4.79 Å². The van der Waals surface area contributed by atoms with Gasteiger partial charge in [0.2, 0.25) is 0 Å². The highest BCUT2D eigenvalue weighted by atomic mass is 16.5. The number of nitrogens with zero attached hydrogens (tertiary/aromatic N) is 3. The first-order valence-corrected chi connectivity index (χ1v) is 8.91. The fourth-order valence-corrected chi connectivity index (χ4v) is 3.58. The Bertz CT molecular complexity index is 863. The van der Waals surface area contributed by atoms with E-state index in [2.05, 4.69) is 21.0 Å². The third-order valence-electron chi connectivity index (χ3n) is 5.02. The number of piperidine rings is 1. The lowest BCUT2D eigenvalue weighted by atomic mass is 9.93. The van der Waals surface area contributed by atoms with Crippen LogP contribution in [0.25, 0.3) is 11.2 Å². The van der Waals surface area contributed by atoms with Crippen LogP contribution in [-0.2, 0) is 11.3 Å². The molecule has 0 unspecified atom stereocenters. The quantitative estimate of drug-likeness (QED) is 0.785. The lowest BCUT2D eigenvalue weighted by Gasteiger charge is -2.31. The summed E-state index contributed by atoms with van der Waals surface area (Å²) >= 11 is 0. The second-order valence-corrected chi connectivity index (χ2v) is 6.71. The van der Waals surface area contributed by atoms with Crippen LogP contribution in [0, 0.1) is 0 Å². The number of ether oxygens (including phenoxy) is 1. The molecule has 2 aromatic heterocycles. The number of likely N-dealkylation sites (tertiary alicyclic amines) is 1. The maximum Gasteiger partial charge on any atom is 0.253 e. The number of aromatic nitrogens is 3. The molecule has 1 amide bonds. The fraction of sp³-hybridized carbons (Fsp3) is 0.350. The second kappa shape index (κ2) is 7.25. The van der Waals surface area contributed by atoms with Gasteiger partial charge < -0.3 is 14.6 Å². The summed E-state index contributed by atoms with van der Waals surface area (Å²) in [6.07, 6.45) is 5.29. The Morgan fingerprint density at radius 1 is 1.19 bits per heavy atom. The molecular formula is C20H22N4O2. The van der Waals surface area contributed by atoms with Crippen LogP contribution in [0.5, 0.6) is 0 Å². The molecule has 1 saturated heterocycles. The van der Waals surface area contributed by atoms with Gasteiger partial charge in [0.05, 0.1) is 6.61 Å². The van der Waals surface area contributed by atoms with E-state index < -0.39 is 0 Å². The Kier molecular flexibility index (Phi) is 4.67. The van der Waals surface area contributed by atoms with Crippen LogP contribution < -0.4 is 0 Å². The van der Waals surface area contributed by atoms with Crippen molar-refractivity contribution < 1.29 is 9.53 Å². The number of methoxy groups -OCH3 is 1. The van der Waals surface area contributed by atoms with E-state index in [1.165, 1.54) is 5.69 Å². The number of carbonyl (C=O) groups is 1. The van der Waals surface area contributed by atoms with Gasteiger partial charge in [-0.15, -0.1) is 0 Å². The number of hydrogen-bond donors (Lipinski definition) is 1. The predicted molar refractivity (Wildman–Crippen MR) is 98.9 cm³/mol. The standard InChI is InChI=1S/C20H22N4O2/c1-26-13-14-2-4-16(5-3-14)20(25)24-10-6-15(7-11-24)17-12-18-19(23-17)22-9-8-21-18/h2-5,8-9,12,15H,6-7,10-11,13H2,1H3,(H,22,23). The van der Waals surface area contributed by atoms with Crippen molar-refractivity contribution in [1.82, 2.24) is 19.9 Å². The van der Waals surface area contributed by atoms with Crippen molar-refractivity contribution in [1.29, 1.82) is 0 Å². The molecule has 0 radical (unpaired) electrons. The Morgan fingerprint density at radius 3 is 2.62 bits per heavy atom. The number of rotatable bonds is 4. The summed E-state index contributed by atoms with van der Waals surface area (Å²) < 4.78 is 5.11. The van der Waals surface area contributed by atoms with Crippen LogP contribution >= 0.6 is 0 Å². The molecule has 26 heavy (non-hydrogen) atoms. The lowest BCUT2D eigenvalue weighted by Crippen LogP contribution is -2.38. The van der Waals surface area contributed by atoms with E-state index >= 15 is 0 Å². The Hall–Kier alpha value is -2.73. The predicted octanol–water partition coefficient (Wildman–Crippen LogP) is 3.12. The summed E-state index contributed by atoms with van der Waals surface area (Å²) in [5.41, 5.74) is 4.71. The fourth-order valence-electron chi connectivity index (χ4n) is 3.58. The van der Waals surface area contributed by atoms with E-state index in [-0.39, 0.29) is 5.91 Å². The Balaban J connectivity index is 1.40. The van der Waals surface area contributed by atoms with Crippen LogP contribution in [0.3, 0.4) is 0 Å². The van der Waals surface area contributed by atoms with Crippen LogP contribution in [0.4, 0.5) is 0 Å². The van der Waals surface area contributed by atoms with E-state index in [0.29, 0.717) is 12.5 Å². The molecule has 4 rings (SSSR count). The highest BCUT2D eigenvalue weighted by Gasteiger charge is 2.25. The van der Waals surface area contributed by atoms with Crippen molar-refractivity contribution in [2.45, 2.75) is 25.4 Å². The highest BCUT2D eigenvalue weighted by Crippen LogP contribution is 2.29. The Morgan fingerprint density at radius 2 is 1.92 bits per heavy atom. The van der Waals surface area contributed by atoms with Crippen molar-refractivity contribution >= 4 is 17.1 Å². The molecule has 0 saturated carbocycles. The molecule has 1 aliphatic rings. The first kappa shape index (κ1) is 16.7. The molecule has 6 nitrogen and oxygen atoms in total. The molecule has 1 N–H and O–H groups in total. The topological polar surface area (TPSA) is 71.1 Å². The van der Waals surface area contributed by atoms with Crippen molar-refractivity contribution in [3.8, 4) is 0 Å². The number of hydrogen-bond acceptors (Lipinski definition) is 4. The van der Waals surface area contributed by atoms with Crippen molar-refractivity contribution in [3.63, 3.8) is 0 Å². The average Bonchev–Trinajstić information content (AvgIpc) is 3.13. The van der Waals surface area contributed by atoms with Gasteiger partial charge >= 0.3 is 0 Å². The zero-order chi connectivity index (χ0) is 17.9. The minimum atomic E-state index is 0.104. The lowest BCUT2D eigenvalue weighted by molar-refractivity contribution is 0.0712. The number of fused-ring (bicyclic) bond motifs is 1. The maximum atomic E-state index is 12.7. The van der Waals surface area contributed by atoms with Gasteiger partial charge in [0, 0.05) is 49.8 Å². The number of nitrogens with one attached hydrogen (secondary N) is 1. The monoisotopic (exact) mass is 350 g/mol. The average molecular weight is 350 g/mol. The van der Waals surface area contributed by atoms with Gasteiger partial charge in [0.1, 0.15) is 5.52 Å². The molecule has 134 valence electrons. The van der Waals surface area contributed by atoms with Crippen LogP contribution in [-0.4, -0.2) is 46.0 Å². The van der Waals surface area contributed by atoms with Gasteiger partial charge in [-0.25, -0.2) is 4.98 Å². The number of amides is 1. The normalized spacial score (nSPS) is 15.5. The van der Waals surface area contributed by atoms with Crippen LogP contribution in [0.15, 0.2) is 42.7 Å². The smallest absolute Gasteiger partial charge is 0.253 e. The summed E-state index contributed by atoms with van der Waals surface area (Å²) in [6, 6.07) is 9.76. The third kappa shape index (κ3) is 3.32. The van der Waals surface area contributed by atoms with Gasteiger partial charge in [-0.3, -0.25) is 9.78 Å². The molecule has 1 fully saturated rings. The van der Waals surface area contributed by atoms with Crippen LogP contribution in [0.2, 0.25) is 0 Å². The van der Waals surface area contributed by atoms with E-state index in [0.717, 1.165) is 48.2 Å². The summed E-state index contributed by atoms with van der Waals surface area (Å²) in [6.45, 7) is 2.09. The maximum absolute atomic E-state index is 12.7. The van der Waals surface area contributed by atoms with Gasteiger partial charge in [0.25, 0.3) is 5.91 Å². The van der Waals surface area contributed by atoms with Gasteiger partial charge in [-0.1, -0.05) is 12.1 Å². The van der Waals surface area contributed by atoms with Crippen molar-refractivity contribution in [2.24, 2.45) is 0 Å². The number of aromatic amines is 1. The number of benzene rings is 1. The molecule has 0 spiro atoms. The Labute approximate surface area is 152 Å². The molecule has 0 atom stereocenters. The molecular weight excluding hydrogens is 328 g/mol. The molecule has 1 aliphatic heterocycles.